The van der Waals surface area contributed by atoms with E-state index in [0.717, 1.165) is 0 Å². The van der Waals surface area contributed by atoms with Gasteiger partial charge in [-0.3, -0.25) is 0 Å². The lowest BCUT2D eigenvalue weighted by atomic mass is 10.2. The summed E-state index contributed by atoms with van der Waals surface area (Å²) in [5.41, 5.74) is -0.382. The molecule has 0 aliphatic carbocycles. The molecule has 0 rings (SSSR count). The molecular formula is C7H11IO2. The average Bonchev–Trinajstić information content (AvgIpc) is 1.59. The number of rotatable bonds is 1. The third-order valence-corrected chi connectivity index (χ3v) is 0.965. The topological polar surface area (TPSA) is 26.3 Å². The maximum Gasteiger partial charge on any atom is 0.331 e. The third-order valence-electron chi connectivity index (χ3n) is 0.606. The minimum atomic E-state index is -0.382. The van der Waals surface area contributed by atoms with E-state index in [0.29, 0.717) is 0 Å². The first kappa shape index (κ1) is 9.94. The largest absolute Gasteiger partial charge is 0.457 e. The molecule has 0 radical (unpaired) electrons. The van der Waals surface area contributed by atoms with Crippen LogP contribution in [0.25, 0.3) is 0 Å². The molecule has 3 heteroatoms. The highest BCUT2D eigenvalue weighted by Crippen LogP contribution is 2.07. The normalized spacial score (nSPS) is 12.0. The molecule has 0 saturated heterocycles. The van der Waals surface area contributed by atoms with Gasteiger partial charge in [0.1, 0.15) is 5.60 Å². The van der Waals surface area contributed by atoms with E-state index in [1.807, 2.05) is 43.4 Å². The molecule has 0 bridgehead atoms. The second-order valence-electron chi connectivity index (χ2n) is 2.83. The number of carbonyl (C=O) groups excluding carboxylic acids is 1. The van der Waals surface area contributed by atoms with Crippen LogP contribution in [-0.4, -0.2) is 11.6 Å². The van der Waals surface area contributed by atoms with E-state index >= 15 is 0 Å². The Bertz CT molecular complexity index is 144. The maximum atomic E-state index is 10.7. The van der Waals surface area contributed by atoms with Gasteiger partial charge in [-0.25, -0.2) is 4.79 Å². The lowest BCUT2D eigenvalue weighted by Gasteiger charge is -2.17. The first-order valence-corrected chi connectivity index (χ1v) is 4.20. The van der Waals surface area contributed by atoms with Crippen molar-refractivity contribution in [1.29, 1.82) is 0 Å². The van der Waals surface area contributed by atoms with Crippen LogP contribution in [0.15, 0.2) is 10.2 Å². The van der Waals surface area contributed by atoms with E-state index in [1.165, 1.54) is 6.08 Å². The summed E-state index contributed by atoms with van der Waals surface area (Å²) >= 11 is 1.97. The summed E-state index contributed by atoms with van der Waals surface area (Å²) in [5, 5.41) is 0. The molecule has 0 atom stereocenters. The van der Waals surface area contributed by atoms with Crippen LogP contribution in [0.2, 0.25) is 0 Å². The van der Waals surface area contributed by atoms with Crippen LogP contribution in [0.5, 0.6) is 0 Å². The van der Waals surface area contributed by atoms with E-state index < -0.39 is 0 Å². The van der Waals surface area contributed by atoms with E-state index in [1.54, 1.807) is 4.08 Å². The number of ether oxygens (including phenoxy) is 1. The predicted molar refractivity (Wildman–Crippen MR) is 49.0 cm³/mol. The standard InChI is InChI=1S/C7H11IO2/c1-7(2,3)10-6(9)4-5-8/h4-5H,1-3H3/b5-4-. The zero-order chi connectivity index (χ0) is 8.20. The molecule has 0 unspecified atom stereocenters. The van der Waals surface area contributed by atoms with Gasteiger partial charge in [0, 0.05) is 6.08 Å². The number of esters is 1. The quantitative estimate of drug-likeness (QED) is 0.407. The summed E-state index contributed by atoms with van der Waals surface area (Å²) in [7, 11) is 0. The van der Waals surface area contributed by atoms with Crippen molar-refractivity contribution in [1.82, 2.24) is 0 Å². The first-order valence-electron chi connectivity index (χ1n) is 2.95. The van der Waals surface area contributed by atoms with Crippen molar-refractivity contribution in [2.24, 2.45) is 0 Å². The minimum Gasteiger partial charge on any atom is -0.457 e. The number of hydrogen-bond acceptors (Lipinski definition) is 2. The highest BCUT2D eigenvalue weighted by molar-refractivity contribution is 14.1. The van der Waals surface area contributed by atoms with Crippen LogP contribution in [-0.2, 0) is 9.53 Å². The third kappa shape index (κ3) is 6.07. The molecule has 0 aromatic rings. The molecule has 0 heterocycles. The van der Waals surface area contributed by atoms with Crippen LogP contribution < -0.4 is 0 Å². The monoisotopic (exact) mass is 254 g/mol. The highest BCUT2D eigenvalue weighted by atomic mass is 127. The number of carbonyl (C=O) groups is 1. The minimum absolute atomic E-state index is 0.290. The van der Waals surface area contributed by atoms with Crippen molar-refractivity contribution in [3.05, 3.63) is 10.2 Å². The van der Waals surface area contributed by atoms with Crippen molar-refractivity contribution < 1.29 is 9.53 Å². The van der Waals surface area contributed by atoms with Crippen LogP contribution in [0.3, 0.4) is 0 Å². The summed E-state index contributed by atoms with van der Waals surface area (Å²) in [6, 6.07) is 0. The van der Waals surface area contributed by atoms with Crippen LogP contribution in [0.4, 0.5) is 0 Å². The van der Waals surface area contributed by atoms with E-state index in [2.05, 4.69) is 0 Å². The lowest BCUT2D eigenvalue weighted by molar-refractivity contribution is -0.148. The van der Waals surface area contributed by atoms with Crippen molar-refractivity contribution in [3.63, 3.8) is 0 Å². The molecule has 58 valence electrons. The van der Waals surface area contributed by atoms with Gasteiger partial charge in [0.05, 0.1) is 0 Å². The Balaban J connectivity index is 3.81. The summed E-state index contributed by atoms with van der Waals surface area (Å²) in [4.78, 5) is 10.7. The van der Waals surface area contributed by atoms with Crippen LogP contribution in [0.1, 0.15) is 20.8 Å². The first-order chi connectivity index (χ1) is 4.45. The van der Waals surface area contributed by atoms with Crippen LogP contribution in [0, 0.1) is 0 Å². The molecular weight excluding hydrogens is 243 g/mol. The second-order valence-corrected chi connectivity index (χ2v) is 3.55. The Morgan fingerprint density at radius 2 is 2.00 bits per heavy atom. The fourth-order valence-electron chi connectivity index (χ4n) is 0.387. The Morgan fingerprint density at radius 3 is 2.30 bits per heavy atom. The highest BCUT2D eigenvalue weighted by Gasteiger charge is 2.13. The Morgan fingerprint density at radius 1 is 1.50 bits per heavy atom. The molecule has 0 saturated carbocycles. The van der Waals surface area contributed by atoms with Gasteiger partial charge in [-0.1, -0.05) is 22.6 Å². The molecule has 2 nitrogen and oxygen atoms in total. The molecule has 0 amide bonds. The Hall–Kier alpha value is -0.0600. The summed E-state index contributed by atoms with van der Waals surface area (Å²) in [6.07, 6.45) is 1.39. The Labute approximate surface area is 74.8 Å². The fraction of sp³-hybridized carbons (Fsp3) is 0.571. The zero-order valence-electron chi connectivity index (χ0n) is 6.35. The Kier molecular flexibility index (Phi) is 3.93. The average molecular weight is 254 g/mol. The molecule has 0 spiro atoms. The zero-order valence-corrected chi connectivity index (χ0v) is 8.51. The van der Waals surface area contributed by atoms with Crippen molar-refractivity contribution >= 4 is 28.6 Å². The van der Waals surface area contributed by atoms with E-state index in [4.69, 9.17) is 4.74 Å². The fourth-order valence-corrected chi connectivity index (χ4v) is 0.681. The van der Waals surface area contributed by atoms with Gasteiger partial charge < -0.3 is 4.74 Å². The van der Waals surface area contributed by atoms with Crippen LogP contribution >= 0.6 is 22.6 Å². The molecule has 0 aromatic heterocycles. The lowest BCUT2D eigenvalue weighted by Crippen LogP contribution is -2.22. The second kappa shape index (κ2) is 3.95. The molecule has 0 aliphatic rings. The van der Waals surface area contributed by atoms with Crippen molar-refractivity contribution in [3.8, 4) is 0 Å². The van der Waals surface area contributed by atoms with Crippen molar-refractivity contribution in [2.75, 3.05) is 0 Å². The summed E-state index contributed by atoms with van der Waals surface area (Å²) in [6.45, 7) is 5.52. The molecule has 0 aromatic carbocycles. The van der Waals surface area contributed by atoms with Gasteiger partial charge in [0.2, 0.25) is 0 Å². The van der Waals surface area contributed by atoms with Crippen molar-refractivity contribution in [2.45, 2.75) is 26.4 Å². The molecule has 0 aliphatic heterocycles. The number of halogens is 1. The summed E-state index contributed by atoms with van der Waals surface area (Å²) in [5.74, 6) is -0.290. The van der Waals surface area contributed by atoms with Gasteiger partial charge in [-0.05, 0) is 24.9 Å². The maximum absolute atomic E-state index is 10.7. The smallest absolute Gasteiger partial charge is 0.331 e. The SMILES string of the molecule is CC(C)(C)OC(=O)/C=C\I. The molecule has 0 N–H and O–H groups in total. The predicted octanol–water partition coefficient (Wildman–Crippen LogP) is 2.28. The summed E-state index contributed by atoms with van der Waals surface area (Å²) < 4.78 is 6.58. The van der Waals surface area contributed by atoms with Gasteiger partial charge in [0.25, 0.3) is 0 Å². The van der Waals surface area contributed by atoms with Gasteiger partial charge in [-0.2, -0.15) is 0 Å². The molecule has 0 fully saturated rings. The molecule has 10 heavy (non-hydrogen) atoms. The van der Waals surface area contributed by atoms with Gasteiger partial charge >= 0.3 is 5.97 Å². The van der Waals surface area contributed by atoms with Gasteiger partial charge in [-0.15, -0.1) is 0 Å². The van der Waals surface area contributed by atoms with E-state index in [-0.39, 0.29) is 11.6 Å². The van der Waals surface area contributed by atoms with E-state index in [9.17, 15) is 4.79 Å². The number of hydrogen-bond donors (Lipinski definition) is 0. The van der Waals surface area contributed by atoms with Gasteiger partial charge in [0.15, 0.2) is 0 Å².